The molecule has 0 amide bonds. The zero-order valence-corrected chi connectivity index (χ0v) is 13.1. The maximum atomic E-state index is 12.1. The second kappa shape index (κ2) is 6.59. The Hall–Kier alpha value is -2.06. The average Bonchev–Trinajstić information content (AvgIpc) is 2.99. The third kappa shape index (κ3) is 3.73. The first kappa shape index (κ1) is 15.3. The first-order valence-electron chi connectivity index (χ1n) is 5.87. The number of methoxy groups -OCH3 is 2. The lowest BCUT2D eigenvalue weighted by Gasteiger charge is -2.09. The van der Waals surface area contributed by atoms with Crippen molar-refractivity contribution in [1.29, 1.82) is 0 Å². The van der Waals surface area contributed by atoms with E-state index in [1.807, 2.05) is 17.5 Å². The van der Waals surface area contributed by atoms with Gasteiger partial charge in [0.1, 0.15) is 0 Å². The molecule has 2 aromatic rings. The average molecular weight is 326 g/mol. The van der Waals surface area contributed by atoms with E-state index in [9.17, 15) is 8.42 Å². The van der Waals surface area contributed by atoms with Crippen molar-refractivity contribution < 1.29 is 17.9 Å². The minimum atomic E-state index is -3.75. The van der Waals surface area contributed by atoms with Crippen molar-refractivity contribution in [3.63, 3.8) is 0 Å². The molecular formula is C13H14N2O4S2. The Bertz CT molecular complexity index is 725. The summed E-state index contributed by atoms with van der Waals surface area (Å²) >= 11 is 1.46. The summed E-state index contributed by atoms with van der Waals surface area (Å²) in [5.41, 5.74) is 0. The van der Waals surface area contributed by atoms with Gasteiger partial charge >= 0.3 is 0 Å². The Labute approximate surface area is 127 Å². The van der Waals surface area contributed by atoms with Crippen molar-refractivity contribution in [3.05, 3.63) is 40.6 Å². The van der Waals surface area contributed by atoms with Gasteiger partial charge in [-0.1, -0.05) is 6.07 Å². The number of nitrogens with zero attached hydrogens (tertiary/aromatic N) is 1. The summed E-state index contributed by atoms with van der Waals surface area (Å²) in [5, 5.41) is 5.61. The molecule has 2 rings (SSSR count). The molecule has 0 bridgehead atoms. The Morgan fingerprint density at radius 2 is 1.95 bits per heavy atom. The molecule has 0 spiro atoms. The van der Waals surface area contributed by atoms with Gasteiger partial charge in [0.25, 0.3) is 10.0 Å². The Balaban J connectivity index is 2.19. The number of thiophene rings is 1. The molecule has 0 unspecified atom stereocenters. The predicted octanol–water partition coefficient (Wildman–Crippen LogP) is 2.08. The molecule has 1 N–H and O–H groups in total. The lowest BCUT2D eigenvalue weighted by atomic mass is 10.3. The third-order valence-electron chi connectivity index (χ3n) is 2.57. The molecule has 1 aromatic heterocycles. The normalized spacial score (nSPS) is 11.5. The van der Waals surface area contributed by atoms with E-state index in [0.29, 0.717) is 11.5 Å². The monoisotopic (exact) mass is 326 g/mol. The van der Waals surface area contributed by atoms with Crippen LogP contribution in [0.15, 0.2) is 45.7 Å². The van der Waals surface area contributed by atoms with Crippen LogP contribution in [-0.4, -0.2) is 28.9 Å². The third-order valence-corrected chi connectivity index (χ3v) is 4.60. The molecule has 0 saturated carbocycles. The fourth-order valence-electron chi connectivity index (χ4n) is 1.56. The molecule has 0 atom stereocenters. The van der Waals surface area contributed by atoms with E-state index < -0.39 is 10.0 Å². The highest BCUT2D eigenvalue weighted by Crippen LogP contribution is 2.29. The molecule has 0 saturated heterocycles. The van der Waals surface area contributed by atoms with Gasteiger partial charge in [-0.25, -0.2) is 4.83 Å². The summed E-state index contributed by atoms with van der Waals surface area (Å²) < 4.78 is 34.4. The van der Waals surface area contributed by atoms with Crippen LogP contribution in [0, 0.1) is 0 Å². The number of ether oxygens (including phenoxy) is 2. The molecule has 1 heterocycles. The summed E-state index contributed by atoms with van der Waals surface area (Å²) in [6.45, 7) is 0. The number of nitrogens with one attached hydrogen (secondary N) is 1. The van der Waals surface area contributed by atoms with Crippen molar-refractivity contribution in [3.8, 4) is 11.5 Å². The van der Waals surface area contributed by atoms with E-state index in [0.717, 1.165) is 4.88 Å². The van der Waals surface area contributed by atoms with E-state index in [2.05, 4.69) is 9.93 Å². The minimum Gasteiger partial charge on any atom is -0.493 e. The van der Waals surface area contributed by atoms with E-state index in [4.69, 9.17) is 9.47 Å². The van der Waals surface area contributed by atoms with Crippen molar-refractivity contribution >= 4 is 27.6 Å². The quantitative estimate of drug-likeness (QED) is 0.651. The highest BCUT2D eigenvalue weighted by atomic mass is 32.2. The molecule has 6 nitrogen and oxygen atoms in total. The standard InChI is InChI=1S/C13H14N2O4S2/c1-18-12-6-5-11(8-13(12)19-2)21(16,17)15-14-9-10-4-3-7-20-10/h3-9,15H,1-2H3/b14-9+. The minimum absolute atomic E-state index is 0.0449. The number of hydrogen-bond acceptors (Lipinski definition) is 6. The molecule has 21 heavy (non-hydrogen) atoms. The highest BCUT2D eigenvalue weighted by molar-refractivity contribution is 7.89. The molecular weight excluding hydrogens is 312 g/mol. The topological polar surface area (TPSA) is 77.0 Å². The Morgan fingerprint density at radius 1 is 1.19 bits per heavy atom. The Morgan fingerprint density at radius 3 is 2.57 bits per heavy atom. The number of rotatable bonds is 6. The summed E-state index contributed by atoms with van der Waals surface area (Å²) in [6, 6.07) is 8.01. The van der Waals surface area contributed by atoms with Crippen LogP contribution in [0.4, 0.5) is 0 Å². The van der Waals surface area contributed by atoms with Crippen molar-refractivity contribution in [2.45, 2.75) is 4.90 Å². The molecule has 0 fully saturated rings. The second-order valence-corrected chi connectivity index (χ2v) is 6.53. The smallest absolute Gasteiger partial charge is 0.276 e. The molecule has 1 aromatic carbocycles. The first-order chi connectivity index (χ1) is 10.1. The van der Waals surface area contributed by atoms with Crippen LogP contribution in [-0.2, 0) is 10.0 Å². The van der Waals surface area contributed by atoms with E-state index >= 15 is 0 Å². The van der Waals surface area contributed by atoms with Crippen molar-refractivity contribution in [1.82, 2.24) is 4.83 Å². The zero-order valence-electron chi connectivity index (χ0n) is 11.4. The van der Waals surface area contributed by atoms with Gasteiger partial charge in [-0.2, -0.15) is 13.5 Å². The zero-order chi connectivity index (χ0) is 15.3. The molecule has 0 aliphatic carbocycles. The summed E-state index contributed by atoms with van der Waals surface area (Å²) in [7, 11) is -0.827. The first-order valence-corrected chi connectivity index (χ1v) is 8.23. The van der Waals surface area contributed by atoms with Gasteiger partial charge in [-0.3, -0.25) is 0 Å². The summed E-state index contributed by atoms with van der Waals surface area (Å²) in [6.07, 6.45) is 1.45. The molecule has 112 valence electrons. The molecule has 0 aliphatic heterocycles. The summed E-state index contributed by atoms with van der Waals surface area (Å²) in [5.74, 6) is 0.793. The fourth-order valence-corrected chi connectivity index (χ4v) is 2.95. The number of sulfonamides is 1. The number of benzene rings is 1. The lowest BCUT2D eigenvalue weighted by molar-refractivity contribution is 0.354. The van der Waals surface area contributed by atoms with Crippen LogP contribution in [0.2, 0.25) is 0 Å². The van der Waals surface area contributed by atoms with Gasteiger partial charge < -0.3 is 9.47 Å². The van der Waals surface area contributed by atoms with Crippen LogP contribution in [0.1, 0.15) is 4.88 Å². The number of hydrogen-bond donors (Lipinski definition) is 1. The van der Waals surface area contributed by atoms with Gasteiger partial charge in [0.05, 0.1) is 25.3 Å². The maximum absolute atomic E-state index is 12.1. The fraction of sp³-hybridized carbons (Fsp3) is 0.154. The molecule has 8 heteroatoms. The molecule has 0 aliphatic rings. The predicted molar refractivity (Wildman–Crippen MR) is 81.8 cm³/mol. The van der Waals surface area contributed by atoms with Gasteiger partial charge in [-0.05, 0) is 23.6 Å². The van der Waals surface area contributed by atoms with Gasteiger partial charge in [0, 0.05) is 10.9 Å². The Kier molecular flexibility index (Phi) is 4.81. The van der Waals surface area contributed by atoms with Crippen molar-refractivity contribution in [2.75, 3.05) is 14.2 Å². The highest BCUT2D eigenvalue weighted by Gasteiger charge is 2.16. The van der Waals surface area contributed by atoms with E-state index in [-0.39, 0.29) is 4.90 Å². The molecule has 0 radical (unpaired) electrons. The lowest BCUT2D eigenvalue weighted by Crippen LogP contribution is -2.18. The van der Waals surface area contributed by atoms with Crippen LogP contribution >= 0.6 is 11.3 Å². The van der Waals surface area contributed by atoms with Gasteiger partial charge in [0.15, 0.2) is 11.5 Å². The van der Waals surface area contributed by atoms with Crippen molar-refractivity contribution in [2.24, 2.45) is 5.10 Å². The van der Waals surface area contributed by atoms with Gasteiger partial charge in [0.2, 0.25) is 0 Å². The van der Waals surface area contributed by atoms with Crippen LogP contribution < -0.4 is 14.3 Å². The number of hydrazone groups is 1. The van der Waals surface area contributed by atoms with Gasteiger partial charge in [-0.15, -0.1) is 11.3 Å². The maximum Gasteiger partial charge on any atom is 0.276 e. The SMILES string of the molecule is COc1ccc(S(=O)(=O)N/N=C/c2cccs2)cc1OC. The van der Waals surface area contributed by atoms with E-state index in [1.54, 1.807) is 0 Å². The summed E-state index contributed by atoms with van der Waals surface area (Å²) in [4.78, 5) is 3.05. The second-order valence-electron chi connectivity index (χ2n) is 3.89. The van der Waals surface area contributed by atoms with Crippen LogP contribution in [0.25, 0.3) is 0 Å². The van der Waals surface area contributed by atoms with Crippen LogP contribution in [0.5, 0.6) is 11.5 Å². The largest absolute Gasteiger partial charge is 0.493 e. The van der Waals surface area contributed by atoms with E-state index in [1.165, 1.54) is 50.0 Å². The van der Waals surface area contributed by atoms with Crippen LogP contribution in [0.3, 0.4) is 0 Å².